The summed E-state index contributed by atoms with van der Waals surface area (Å²) in [6.45, 7) is 4.26. The Morgan fingerprint density at radius 1 is 1.30 bits per heavy atom. The largest absolute Gasteiger partial charge is 0.440 e. The molecule has 1 aromatic carbocycles. The van der Waals surface area contributed by atoms with E-state index in [0.717, 1.165) is 4.68 Å². The lowest BCUT2D eigenvalue weighted by molar-refractivity contribution is 0.0338. The van der Waals surface area contributed by atoms with Crippen LogP contribution in [0.15, 0.2) is 38.4 Å². The van der Waals surface area contributed by atoms with E-state index in [-0.39, 0.29) is 23.1 Å². The second-order valence-corrected chi connectivity index (χ2v) is 7.57. The smallest absolute Gasteiger partial charge is 0.438 e. The van der Waals surface area contributed by atoms with E-state index in [1.165, 1.54) is 31.2 Å². The van der Waals surface area contributed by atoms with Crippen LogP contribution in [-0.4, -0.2) is 29.4 Å². The maximum absolute atomic E-state index is 12.0. The van der Waals surface area contributed by atoms with Gasteiger partial charge in [0.15, 0.2) is 16.6 Å². The molecule has 0 atom stereocenters. The van der Waals surface area contributed by atoms with Crippen molar-refractivity contribution in [2.75, 3.05) is 0 Å². The summed E-state index contributed by atoms with van der Waals surface area (Å²) in [6, 6.07) is 5.40. The highest BCUT2D eigenvalue weighted by Crippen LogP contribution is 2.16. The molecule has 1 aromatic heterocycles. The van der Waals surface area contributed by atoms with Crippen molar-refractivity contribution in [2.45, 2.75) is 37.6 Å². The number of aryl methyl sites for hydroxylation is 1. The molecule has 9 heteroatoms. The summed E-state index contributed by atoms with van der Waals surface area (Å²) in [5.41, 5.74) is 0.168. The quantitative estimate of drug-likeness (QED) is 0.751. The molecule has 0 aliphatic rings. The molecule has 0 amide bonds. The Labute approximate surface area is 132 Å². The van der Waals surface area contributed by atoms with Gasteiger partial charge < -0.3 is 9.15 Å². The van der Waals surface area contributed by atoms with Gasteiger partial charge in [0, 0.05) is 6.92 Å². The van der Waals surface area contributed by atoms with Crippen molar-refractivity contribution in [1.29, 1.82) is 0 Å². The fourth-order valence-electron chi connectivity index (χ4n) is 1.75. The predicted octanol–water partition coefficient (Wildman–Crippen LogP) is 1.14. The molecule has 1 heterocycles. The average molecular weight is 340 g/mol. The Morgan fingerprint density at radius 3 is 2.39 bits per heavy atom. The summed E-state index contributed by atoms with van der Waals surface area (Å²) in [7, 11) is -3.40. The van der Waals surface area contributed by atoms with Gasteiger partial charge in [-0.2, -0.15) is 4.68 Å². The zero-order valence-corrected chi connectivity index (χ0v) is 13.7. The van der Waals surface area contributed by atoms with Crippen molar-refractivity contribution >= 4 is 15.8 Å². The van der Waals surface area contributed by atoms with Crippen molar-refractivity contribution in [3.63, 3.8) is 0 Å². The van der Waals surface area contributed by atoms with Gasteiger partial charge in [-0.25, -0.2) is 18.0 Å². The summed E-state index contributed by atoms with van der Waals surface area (Å²) in [6.07, 6.45) is 0. The van der Waals surface area contributed by atoms with Gasteiger partial charge in [-0.15, -0.1) is 5.10 Å². The van der Waals surface area contributed by atoms with E-state index in [1.54, 1.807) is 13.8 Å². The number of esters is 1. The summed E-state index contributed by atoms with van der Waals surface area (Å²) < 4.78 is 34.4. The highest BCUT2D eigenvalue weighted by molar-refractivity contribution is 7.92. The molecule has 0 radical (unpaired) electrons. The first-order valence-corrected chi connectivity index (χ1v) is 8.32. The maximum atomic E-state index is 12.0. The van der Waals surface area contributed by atoms with E-state index in [4.69, 9.17) is 4.74 Å². The minimum Gasteiger partial charge on any atom is -0.438 e. The van der Waals surface area contributed by atoms with Crippen molar-refractivity contribution in [3.05, 3.63) is 46.3 Å². The number of nitrogens with zero attached hydrogens (tertiary/aromatic N) is 2. The van der Waals surface area contributed by atoms with Crippen LogP contribution >= 0.6 is 0 Å². The van der Waals surface area contributed by atoms with Crippen LogP contribution < -0.4 is 5.76 Å². The number of ether oxygens (including phenoxy) is 1. The molecular formula is C14H16N2O6S. The minimum absolute atomic E-state index is 0.132. The molecule has 0 fully saturated rings. The van der Waals surface area contributed by atoms with Crippen molar-refractivity contribution < 1.29 is 22.4 Å². The molecule has 0 saturated carbocycles. The van der Waals surface area contributed by atoms with E-state index in [1.807, 2.05) is 0 Å². The second kappa shape index (κ2) is 6.37. The molecule has 0 N–H and O–H groups in total. The minimum atomic E-state index is -3.40. The standard InChI is InChI=1S/C14H16N2O6S/c1-9(2)23(19,20)12-6-4-11(5-7-12)13(17)21-8-16-14(18)22-10(3)15-16/h4-7,9H,8H2,1-3H3. The maximum Gasteiger partial charge on any atom is 0.440 e. The lowest BCUT2D eigenvalue weighted by atomic mass is 10.2. The first-order chi connectivity index (χ1) is 10.7. The van der Waals surface area contributed by atoms with E-state index >= 15 is 0 Å². The van der Waals surface area contributed by atoms with Crippen LogP contribution in [0, 0.1) is 6.92 Å². The normalized spacial score (nSPS) is 11.7. The Kier molecular flexibility index (Phi) is 4.69. The number of hydrogen-bond donors (Lipinski definition) is 0. The van der Waals surface area contributed by atoms with Gasteiger partial charge in [0.1, 0.15) is 0 Å². The zero-order valence-electron chi connectivity index (χ0n) is 12.8. The average Bonchev–Trinajstić information content (AvgIpc) is 2.82. The lowest BCUT2D eigenvalue weighted by Gasteiger charge is -2.08. The monoisotopic (exact) mass is 340 g/mol. The zero-order chi connectivity index (χ0) is 17.2. The van der Waals surface area contributed by atoms with Gasteiger partial charge in [0.25, 0.3) is 0 Å². The number of carbonyl (C=O) groups excluding carboxylic acids is 1. The van der Waals surface area contributed by atoms with Crippen LogP contribution in [0.3, 0.4) is 0 Å². The molecular weight excluding hydrogens is 324 g/mol. The van der Waals surface area contributed by atoms with E-state index < -0.39 is 26.8 Å². The number of rotatable bonds is 5. The number of hydrogen-bond acceptors (Lipinski definition) is 7. The van der Waals surface area contributed by atoms with Crippen molar-refractivity contribution in [2.24, 2.45) is 0 Å². The number of benzene rings is 1. The molecule has 0 spiro atoms. The third-order valence-electron chi connectivity index (χ3n) is 3.06. The van der Waals surface area contributed by atoms with Gasteiger partial charge in [0.05, 0.1) is 15.7 Å². The summed E-state index contributed by atoms with van der Waals surface area (Å²) in [4.78, 5) is 23.3. The van der Waals surface area contributed by atoms with Gasteiger partial charge in [0.2, 0.25) is 5.89 Å². The molecule has 23 heavy (non-hydrogen) atoms. The topological polar surface area (TPSA) is 108 Å². The van der Waals surface area contributed by atoms with Crippen LogP contribution in [0.1, 0.15) is 30.1 Å². The van der Waals surface area contributed by atoms with Crippen LogP contribution in [0.4, 0.5) is 0 Å². The van der Waals surface area contributed by atoms with Crippen molar-refractivity contribution in [3.8, 4) is 0 Å². The van der Waals surface area contributed by atoms with Crippen LogP contribution in [0.2, 0.25) is 0 Å². The molecule has 2 rings (SSSR count). The summed E-state index contributed by atoms with van der Waals surface area (Å²) in [5, 5.41) is 3.17. The third kappa shape index (κ3) is 3.67. The number of sulfone groups is 1. The summed E-state index contributed by atoms with van der Waals surface area (Å²) >= 11 is 0. The Bertz CT molecular complexity index is 861. The van der Waals surface area contributed by atoms with Crippen LogP contribution in [0.5, 0.6) is 0 Å². The molecule has 0 bridgehead atoms. The fourth-order valence-corrected chi connectivity index (χ4v) is 2.81. The lowest BCUT2D eigenvalue weighted by Crippen LogP contribution is -2.20. The van der Waals surface area contributed by atoms with E-state index in [0.29, 0.717) is 0 Å². The van der Waals surface area contributed by atoms with Crippen LogP contribution in [0.25, 0.3) is 0 Å². The molecule has 0 aliphatic carbocycles. The SMILES string of the molecule is Cc1nn(COC(=O)c2ccc(S(=O)(=O)C(C)C)cc2)c(=O)o1. The number of carbonyl (C=O) groups is 1. The molecule has 2 aromatic rings. The second-order valence-electron chi connectivity index (χ2n) is 5.07. The first kappa shape index (κ1) is 16.9. The molecule has 124 valence electrons. The van der Waals surface area contributed by atoms with Crippen LogP contribution in [-0.2, 0) is 21.3 Å². The highest BCUT2D eigenvalue weighted by atomic mass is 32.2. The van der Waals surface area contributed by atoms with E-state index in [9.17, 15) is 18.0 Å². The number of aromatic nitrogens is 2. The van der Waals surface area contributed by atoms with E-state index in [2.05, 4.69) is 9.52 Å². The highest BCUT2D eigenvalue weighted by Gasteiger charge is 2.19. The van der Waals surface area contributed by atoms with Gasteiger partial charge in [-0.3, -0.25) is 0 Å². The molecule has 8 nitrogen and oxygen atoms in total. The summed E-state index contributed by atoms with van der Waals surface area (Å²) in [5.74, 6) is -1.27. The fraction of sp³-hybridized carbons (Fsp3) is 0.357. The van der Waals surface area contributed by atoms with Gasteiger partial charge in [-0.1, -0.05) is 0 Å². The molecule has 0 saturated heterocycles. The first-order valence-electron chi connectivity index (χ1n) is 6.77. The molecule has 0 aliphatic heterocycles. The van der Waals surface area contributed by atoms with Gasteiger partial charge >= 0.3 is 11.7 Å². The molecule has 0 unspecified atom stereocenters. The van der Waals surface area contributed by atoms with Gasteiger partial charge in [-0.05, 0) is 38.1 Å². The third-order valence-corrected chi connectivity index (χ3v) is 5.23. The predicted molar refractivity (Wildman–Crippen MR) is 79.7 cm³/mol. The Balaban J connectivity index is 2.09. The Morgan fingerprint density at radius 2 is 1.91 bits per heavy atom. The van der Waals surface area contributed by atoms with Crippen molar-refractivity contribution in [1.82, 2.24) is 9.78 Å². The Hall–Kier alpha value is -2.42.